The van der Waals surface area contributed by atoms with Crippen LogP contribution in [-0.4, -0.2) is 51.1 Å². The highest BCUT2D eigenvalue weighted by atomic mass is 32.2. The Kier molecular flexibility index (Phi) is 5.40. The van der Waals surface area contributed by atoms with E-state index >= 15 is 0 Å². The van der Waals surface area contributed by atoms with Gasteiger partial charge in [0.15, 0.2) is 0 Å². The number of piperazine rings is 1. The van der Waals surface area contributed by atoms with Crippen molar-refractivity contribution in [2.75, 3.05) is 19.6 Å². The van der Waals surface area contributed by atoms with Gasteiger partial charge in [0, 0.05) is 47.2 Å². The predicted octanol–water partition coefficient (Wildman–Crippen LogP) is 5.57. The Labute approximate surface area is 225 Å². The second-order valence-corrected chi connectivity index (χ2v) is 13.7. The summed E-state index contributed by atoms with van der Waals surface area (Å²) in [5.41, 5.74) is 2.61. The summed E-state index contributed by atoms with van der Waals surface area (Å²) >= 11 is 0. The Morgan fingerprint density at radius 1 is 0.615 bits per heavy atom. The number of hydrogen-bond acceptors (Lipinski definition) is 6. The molecular weight excluding hydrogens is 536 g/mol. The number of sulfonamides is 2. The van der Waals surface area contributed by atoms with Crippen molar-refractivity contribution >= 4 is 63.9 Å². The highest BCUT2D eigenvalue weighted by Gasteiger charge is 2.38. The van der Waals surface area contributed by atoms with Crippen LogP contribution in [-0.2, 0) is 20.0 Å². The average molecular weight is 561 g/mol. The van der Waals surface area contributed by atoms with Gasteiger partial charge >= 0.3 is 0 Å². The van der Waals surface area contributed by atoms with Gasteiger partial charge in [0.1, 0.15) is 22.3 Å². The lowest BCUT2D eigenvalue weighted by Crippen LogP contribution is -2.55. The summed E-state index contributed by atoms with van der Waals surface area (Å²) in [5.74, 6) is 0. The normalized spacial score (nSPS) is 18.0. The van der Waals surface area contributed by atoms with Crippen molar-refractivity contribution in [1.82, 2.24) is 8.61 Å². The monoisotopic (exact) mass is 560 g/mol. The zero-order chi connectivity index (χ0) is 26.9. The summed E-state index contributed by atoms with van der Waals surface area (Å²) in [4.78, 5) is 0.310. The first-order valence-electron chi connectivity index (χ1n) is 12.6. The molecule has 10 heteroatoms. The number of hydrogen-bond donors (Lipinski definition) is 0. The fourth-order valence-corrected chi connectivity index (χ4v) is 8.68. The van der Waals surface area contributed by atoms with Gasteiger partial charge in [-0.2, -0.15) is 8.61 Å². The summed E-state index contributed by atoms with van der Waals surface area (Å²) in [6.45, 7) is 1.87. The molecule has 0 amide bonds. The van der Waals surface area contributed by atoms with E-state index in [1.165, 1.54) is 14.7 Å². The number of para-hydroxylation sites is 2. The van der Waals surface area contributed by atoms with E-state index in [-0.39, 0.29) is 29.4 Å². The van der Waals surface area contributed by atoms with Gasteiger partial charge in [-0.1, -0.05) is 36.4 Å². The lowest BCUT2D eigenvalue weighted by atomic mass is 10.1. The van der Waals surface area contributed by atoms with Gasteiger partial charge < -0.3 is 8.83 Å². The van der Waals surface area contributed by atoms with Crippen molar-refractivity contribution in [3.63, 3.8) is 0 Å². The molecule has 7 rings (SSSR count). The van der Waals surface area contributed by atoms with Crippen molar-refractivity contribution < 1.29 is 25.7 Å². The van der Waals surface area contributed by atoms with E-state index in [0.29, 0.717) is 22.3 Å². The first-order valence-corrected chi connectivity index (χ1v) is 15.5. The lowest BCUT2D eigenvalue weighted by Gasteiger charge is -2.38. The molecule has 0 N–H and O–H groups in total. The number of benzene rings is 4. The third-order valence-electron chi connectivity index (χ3n) is 7.47. The summed E-state index contributed by atoms with van der Waals surface area (Å²) in [7, 11) is -7.72. The van der Waals surface area contributed by atoms with Crippen LogP contribution < -0.4 is 0 Å². The van der Waals surface area contributed by atoms with Crippen molar-refractivity contribution in [2.24, 2.45) is 0 Å². The molecule has 39 heavy (non-hydrogen) atoms. The minimum absolute atomic E-state index is 0.0443. The molecule has 1 saturated heterocycles. The minimum Gasteiger partial charge on any atom is -0.456 e. The molecule has 4 aromatic carbocycles. The molecule has 2 aromatic heterocycles. The quantitative estimate of drug-likeness (QED) is 0.279. The van der Waals surface area contributed by atoms with Gasteiger partial charge in [-0.05, 0) is 55.5 Å². The SMILES string of the molecule is C[C@H]1CN(S(=O)(=O)c2ccc3oc4ccccc4c3c2)CCN1S(=O)(=O)c1ccc2oc3ccccc3c2c1. The molecule has 198 valence electrons. The molecule has 0 unspecified atom stereocenters. The number of fused-ring (bicyclic) bond motifs is 6. The summed E-state index contributed by atoms with van der Waals surface area (Å²) in [6, 6.07) is 24.1. The van der Waals surface area contributed by atoms with Crippen molar-refractivity contribution in [1.29, 1.82) is 0 Å². The topological polar surface area (TPSA) is 101 Å². The van der Waals surface area contributed by atoms with Crippen LogP contribution in [0, 0.1) is 0 Å². The zero-order valence-corrected chi connectivity index (χ0v) is 22.6. The Hall–Kier alpha value is -3.70. The van der Waals surface area contributed by atoms with Crippen LogP contribution in [0.3, 0.4) is 0 Å². The molecule has 0 radical (unpaired) electrons. The fourth-order valence-electron chi connectivity index (χ4n) is 5.50. The number of nitrogens with zero attached hydrogens (tertiary/aromatic N) is 2. The van der Waals surface area contributed by atoms with Crippen LogP contribution in [0.4, 0.5) is 0 Å². The summed E-state index contributed by atoms with van der Waals surface area (Å²) in [5, 5.41) is 3.14. The summed E-state index contributed by atoms with van der Waals surface area (Å²) < 4.78 is 69.0. The largest absolute Gasteiger partial charge is 0.456 e. The number of furan rings is 2. The maximum absolute atomic E-state index is 13.7. The molecule has 0 aliphatic carbocycles. The first-order chi connectivity index (χ1) is 18.7. The molecule has 0 spiro atoms. The second-order valence-electron chi connectivity index (χ2n) is 9.84. The van der Waals surface area contributed by atoms with E-state index in [2.05, 4.69) is 0 Å². The van der Waals surface area contributed by atoms with Crippen molar-refractivity contribution in [3.8, 4) is 0 Å². The Morgan fingerprint density at radius 2 is 1.10 bits per heavy atom. The molecule has 0 saturated carbocycles. The van der Waals surface area contributed by atoms with E-state index in [1.807, 2.05) is 48.5 Å². The first kappa shape index (κ1) is 24.3. The van der Waals surface area contributed by atoms with Crippen LogP contribution in [0.5, 0.6) is 0 Å². The predicted molar refractivity (Wildman–Crippen MR) is 150 cm³/mol. The molecule has 8 nitrogen and oxygen atoms in total. The maximum Gasteiger partial charge on any atom is 0.243 e. The Balaban J connectivity index is 1.18. The highest BCUT2D eigenvalue weighted by Crippen LogP contribution is 2.34. The standard InChI is InChI=1S/C29H24N2O6S2/c1-19-18-30(38(32,33)20-10-12-28-24(16-20)22-6-2-4-8-26(22)36-28)14-15-31(19)39(34,35)21-11-13-29-25(17-21)23-7-3-5-9-27(23)37-29/h2-13,16-17,19H,14-15,18H2,1H3/t19-/m0/s1. The second kappa shape index (κ2) is 8.65. The van der Waals surface area contributed by atoms with Crippen molar-refractivity contribution in [3.05, 3.63) is 84.9 Å². The highest BCUT2D eigenvalue weighted by molar-refractivity contribution is 7.89. The zero-order valence-electron chi connectivity index (χ0n) is 20.9. The third-order valence-corrected chi connectivity index (χ3v) is 11.3. The molecule has 6 aromatic rings. The molecule has 1 atom stereocenters. The van der Waals surface area contributed by atoms with Gasteiger partial charge in [0.05, 0.1) is 9.79 Å². The average Bonchev–Trinajstić information content (AvgIpc) is 3.50. The van der Waals surface area contributed by atoms with E-state index in [4.69, 9.17) is 8.83 Å². The smallest absolute Gasteiger partial charge is 0.243 e. The molecule has 1 aliphatic heterocycles. The number of rotatable bonds is 4. The van der Waals surface area contributed by atoms with E-state index in [0.717, 1.165) is 21.5 Å². The minimum atomic E-state index is -3.87. The maximum atomic E-state index is 13.7. The lowest BCUT2D eigenvalue weighted by molar-refractivity contribution is 0.212. The van der Waals surface area contributed by atoms with Gasteiger partial charge in [-0.3, -0.25) is 0 Å². The van der Waals surface area contributed by atoms with Gasteiger partial charge in [-0.15, -0.1) is 0 Å². The van der Waals surface area contributed by atoms with Crippen LogP contribution in [0.15, 0.2) is 104 Å². The van der Waals surface area contributed by atoms with E-state index < -0.39 is 26.1 Å². The van der Waals surface area contributed by atoms with Gasteiger partial charge in [0.25, 0.3) is 0 Å². The Bertz CT molecular complexity index is 2130. The van der Waals surface area contributed by atoms with E-state index in [1.54, 1.807) is 37.3 Å². The fraction of sp³-hybridized carbons (Fsp3) is 0.172. The van der Waals surface area contributed by atoms with Gasteiger partial charge in [-0.25, -0.2) is 16.8 Å². The van der Waals surface area contributed by atoms with Crippen LogP contribution in [0.1, 0.15) is 6.92 Å². The Morgan fingerprint density at radius 3 is 1.64 bits per heavy atom. The third kappa shape index (κ3) is 3.78. The van der Waals surface area contributed by atoms with Crippen LogP contribution in [0.25, 0.3) is 43.9 Å². The van der Waals surface area contributed by atoms with E-state index in [9.17, 15) is 16.8 Å². The van der Waals surface area contributed by atoms with Crippen molar-refractivity contribution in [2.45, 2.75) is 22.8 Å². The molecular formula is C29H24N2O6S2. The molecule has 1 fully saturated rings. The molecule has 1 aliphatic rings. The van der Waals surface area contributed by atoms with Crippen LogP contribution in [0.2, 0.25) is 0 Å². The molecule has 3 heterocycles. The van der Waals surface area contributed by atoms with Gasteiger partial charge in [0.2, 0.25) is 20.0 Å². The summed E-state index contributed by atoms with van der Waals surface area (Å²) in [6.07, 6.45) is 0. The molecule has 0 bridgehead atoms. The van der Waals surface area contributed by atoms with Crippen LogP contribution >= 0.6 is 0 Å².